The number of nitrogens with zero attached hydrogens (tertiary/aromatic N) is 2. The molecule has 0 saturated carbocycles. The standard InChI is InChI=1S/C22H36N4O3.HI/c1-23-22(24-10-4-13-29-21-6-3-5-20(15-21)27-2)25-19-7-11-26(12-8-19)16-18-9-14-28-17-18;/h3,5-6,15,18-19H,4,7-14,16-17H2,1-2H3,(H2,23,24,25);1H. The highest BCUT2D eigenvalue weighted by atomic mass is 127. The van der Waals surface area contributed by atoms with Gasteiger partial charge in [-0.3, -0.25) is 4.99 Å². The number of hydrogen-bond donors (Lipinski definition) is 2. The summed E-state index contributed by atoms with van der Waals surface area (Å²) in [5.41, 5.74) is 0. The van der Waals surface area contributed by atoms with Gasteiger partial charge in [-0.05, 0) is 43.7 Å². The van der Waals surface area contributed by atoms with Crippen molar-refractivity contribution in [2.24, 2.45) is 10.9 Å². The molecule has 1 atom stereocenters. The molecule has 8 heteroatoms. The molecule has 3 rings (SSSR count). The molecule has 7 nitrogen and oxygen atoms in total. The van der Waals surface area contributed by atoms with Crippen LogP contribution in [-0.4, -0.2) is 77.1 Å². The summed E-state index contributed by atoms with van der Waals surface area (Å²) in [6.45, 7) is 6.85. The first-order chi connectivity index (χ1) is 14.3. The molecule has 0 aliphatic carbocycles. The van der Waals surface area contributed by atoms with E-state index in [9.17, 15) is 0 Å². The van der Waals surface area contributed by atoms with E-state index >= 15 is 0 Å². The third-order valence-electron chi connectivity index (χ3n) is 5.62. The van der Waals surface area contributed by atoms with Crippen LogP contribution in [0, 0.1) is 5.92 Å². The molecule has 0 spiro atoms. The number of likely N-dealkylation sites (tertiary alicyclic amines) is 1. The van der Waals surface area contributed by atoms with Crippen molar-refractivity contribution in [3.63, 3.8) is 0 Å². The summed E-state index contributed by atoms with van der Waals surface area (Å²) in [6, 6.07) is 8.19. The van der Waals surface area contributed by atoms with Gasteiger partial charge in [0.25, 0.3) is 0 Å². The maximum atomic E-state index is 5.79. The minimum atomic E-state index is 0. The second kappa shape index (κ2) is 13.9. The van der Waals surface area contributed by atoms with Crippen LogP contribution in [0.5, 0.6) is 11.5 Å². The monoisotopic (exact) mass is 532 g/mol. The van der Waals surface area contributed by atoms with Gasteiger partial charge in [-0.1, -0.05) is 6.07 Å². The minimum Gasteiger partial charge on any atom is -0.497 e. The second-order valence-corrected chi connectivity index (χ2v) is 7.83. The van der Waals surface area contributed by atoms with E-state index < -0.39 is 0 Å². The Morgan fingerprint density at radius 2 is 2.03 bits per heavy atom. The van der Waals surface area contributed by atoms with Crippen molar-refractivity contribution in [3.8, 4) is 11.5 Å². The van der Waals surface area contributed by atoms with Gasteiger partial charge in [-0.25, -0.2) is 0 Å². The van der Waals surface area contributed by atoms with Crippen molar-refractivity contribution in [3.05, 3.63) is 24.3 Å². The Morgan fingerprint density at radius 1 is 1.23 bits per heavy atom. The highest BCUT2D eigenvalue weighted by Crippen LogP contribution is 2.19. The summed E-state index contributed by atoms with van der Waals surface area (Å²) in [6.07, 6.45) is 4.44. The molecule has 170 valence electrons. The molecule has 2 saturated heterocycles. The van der Waals surface area contributed by atoms with Gasteiger partial charge in [-0.15, -0.1) is 24.0 Å². The van der Waals surface area contributed by atoms with Gasteiger partial charge in [-0.2, -0.15) is 0 Å². The lowest BCUT2D eigenvalue weighted by atomic mass is 10.0. The summed E-state index contributed by atoms with van der Waals surface area (Å²) in [7, 11) is 3.49. The van der Waals surface area contributed by atoms with Gasteiger partial charge in [0.15, 0.2) is 5.96 Å². The highest BCUT2D eigenvalue weighted by Gasteiger charge is 2.24. The molecule has 0 bridgehead atoms. The number of rotatable bonds is 9. The Bertz CT molecular complexity index is 633. The van der Waals surface area contributed by atoms with Crippen molar-refractivity contribution >= 4 is 29.9 Å². The summed E-state index contributed by atoms with van der Waals surface area (Å²) in [5.74, 6) is 3.26. The molecule has 0 amide bonds. The van der Waals surface area contributed by atoms with E-state index in [1.165, 1.54) is 13.0 Å². The lowest BCUT2D eigenvalue weighted by Crippen LogP contribution is -2.49. The summed E-state index contributed by atoms with van der Waals surface area (Å²) in [5, 5.41) is 6.97. The largest absolute Gasteiger partial charge is 0.497 e. The quantitative estimate of drug-likeness (QED) is 0.221. The van der Waals surface area contributed by atoms with E-state index in [4.69, 9.17) is 14.2 Å². The van der Waals surface area contributed by atoms with Crippen molar-refractivity contribution in [1.29, 1.82) is 0 Å². The topological polar surface area (TPSA) is 67.4 Å². The smallest absolute Gasteiger partial charge is 0.191 e. The number of guanidine groups is 1. The van der Waals surface area contributed by atoms with Crippen LogP contribution in [0.3, 0.4) is 0 Å². The zero-order chi connectivity index (χ0) is 20.3. The van der Waals surface area contributed by atoms with Crippen LogP contribution in [0.1, 0.15) is 25.7 Å². The van der Waals surface area contributed by atoms with Crippen molar-refractivity contribution in [2.75, 3.05) is 60.2 Å². The molecule has 0 aromatic heterocycles. The van der Waals surface area contributed by atoms with E-state index in [0.717, 1.165) is 75.5 Å². The molecule has 2 aliphatic heterocycles. The van der Waals surface area contributed by atoms with Crippen LogP contribution in [0.15, 0.2) is 29.3 Å². The summed E-state index contributed by atoms with van der Waals surface area (Å²) in [4.78, 5) is 6.96. The number of halogens is 1. The molecule has 1 aromatic carbocycles. The molecule has 2 fully saturated rings. The predicted octanol–water partition coefficient (Wildman–Crippen LogP) is 2.75. The predicted molar refractivity (Wildman–Crippen MR) is 131 cm³/mol. The Hall–Kier alpha value is -1.26. The summed E-state index contributed by atoms with van der Waals surface area (Å²) < 4.78 is 16.5. The summed E-state index contributed by atoms with van der Waals surface area (Å²) >= 11 is 0. The molecule has 2 aliphatic rings. The SMILES string of the molecule is CN=C(NCCCOc1cccc(OC)c1)NC1CCN(CC2CCOC2)CC1.I. The number of nitrogens with one attached hydrogen (secondary N) is 2. The third-order valence-corrected chi connectivity index (χ3v) is 5.62. The number of benzene rings is 1. The molecular formula is C22H37IN4O3. The Labute approximate surface area is 197 Å². The average molecular weight is 532 g/mol. The molecule has 30 heavy (non-hydrogen) atoms. The average Bonchev–Trinajstić information content (AvgIpc) is 3.27. The molecule has 2 N–H and O–H groups in total. The molecule has 2 heterocycles. The molecule has 1 aromatic rings. The fourth-order valence-electron chi connectivity index (χ4n) is 3.90. The number of aliphatic imine (C=N–C) groups is 1. The fourth-order valence-corrected chi connectivity index (χ4v) is 3.90. The van der Waals surface area contributed by atoms with Crippen molar-refractivity contribution in [1.82, 2.24) is 15.5 Å². The number of ether oxygens (including phenoxy) is 3. The van der Waals surface area contributed by atoms with E-state index in [1.807, 2.05) is 31.3 Å². The van der Waals surface area contributed by atoms with Gasteiger partial charge in [0.05, 0.1) is 20.3 Å². The molecule has 1 unspecified atom stereocenters. The third kappa shape index (κ3) is 8.47. The zero-order valence-electron chi connectivity index (χ0n) is 18.3. The van der Waals surface area contributed by atoms with E-state index in [2.05, 4.69) is 20.5 Å². The number of methoxy groups -OCH3 is 1. The molecule has 0 radical (unpaired) electrons. The van der Waals surface area contributed by atoms with E-state index in [-0.39, 0.29) is 24.0 Å². The van der Waals surface area contributed by atoms with Crippen molar-refractivity contribution in [2.45, 2.75) is 31.7 Å². The maximum absolute atomic E-state index is 5.79. The molecular weight excluding hydrogens is 495 g/mol. The second-order valence-electron chi connectivity index (χ2n) is 7.83. The van der Waals surface area contributed by atoms with Crippen LogP contribution in [0.2, 0.25) is 0 Å². The van der Waals surface area contributed by atoms with E-state index in [1.54, 1.807) is 7.11 Å². The Kier molecular flexibility index (Phi) is 11.6. The maximum Gasteiger partial charge on any atom is 0.191 e. The first kappa shape index (κ1) is 25.0. The zero-order valence-corrected chi connectivity index (χ0v) is 20.6. The highest BCUT2D eigenvalue weighted by molar-refractivity contribution is 14.0. The first-order valence-electron chi connectivity index (χ1n) is 10.8. The first-order valence-corrected chi connectivity index (χ1v) is 10.8. The van der Waals surface area contributed by atoms with Crippen LogP contribution in [0.4, 0.5) is 0 Å². The van der Waals surface area contributed by atoms with E-state index in [0.29, 0.717) is 12.6 Å². The van der Waals surface area contributed by atoms with Gasteiger partial charge < -0.3 is 29.7 Å². The number of piperidine rings is 1. The van der Waals surface area contributed by atoms with Gasteiger partial charge in [0.1, 0.15) is 11.5 Å². The van der Waals surface area contributed by atoms with Crippen molar-refractivity contribution < 1.29 is 14.2 Å². The van der Waals surface area contributed by atoms with Crippen LogP contribution < -0.4 is 20.1 Å². The van der Waals surface area contributed by atoms with Gasteiger partial charge in [0.2, 0.25) is 0 Å². The fraction of sp³-hybridized carbons (Fsp3) is 0.682. The van der Waals surface area contributed by atoms with Crippen LogP contribution >= 0.6 is 24.0 Å². The Balaban J connectivity index is 0.00000320. The Morgan fingerprint density at radius 3 is 2.73 bits per heavy atom. The minimum absolute atomic E-state index is 0. The lowest BCUT2D eigenvalue weighted by Gasteiger charge is -2.34. The van der Waals surface area contributed by atoms with Crippen LogP contribution in [-0.2, 0) is 4.74 Å². The van der Waals surface area contributed by atoms with Gasteiger partial charge >= 0.3 is 0 Å². The normalized spacial score (nSPS) is 20.5. The van der Waals surface area contributed by atoms with Gasteiger partial charge in [0, 0.05) is 51.9 Å². The number of hydrogen-bond acceptors (Lipinski definition) is 5. The van der Waals surface area contributed by atoms with Crippen LogP contribution in [0.25, 0.3) is 0 Å². The lowest BCUT2D eigenvalue weighted by molar-refractivity contribution is 0.150.